The van der Waals surface area contributed by atoms with Gasteiger partial charge >= 0.3 is 0 Å². The van der Waals surface area contributed by atoms with Crippen molar-refractivity contribution in [2.24, 2.45) is 4.99 Å². The Morgan fingerprint density at radius 2 is 1.83 bits per heavy atom. The van der Waals surface area contributed by atoms with E-state index in [0.717, 1.165) is 30.6 Å². The van der Waals surface area contributed by atoms with E-state index in [0.29, 0.717) is 15.2 Å². The molecule has 0 aliphatic carbocycles. The predicted molar refractivity (Wildman–Crippen MR) is 130 cm³/mol. The maximum atomic E-state index is 12.3. The van der Waals surface area contributed by atoms with E-state index in [4.69, 9.17) is 11.6 Å². The van der Waals surface area contributed by atoms with E-state index in [2.05, 4.69) is 21.4 Å². The zero-order chi connectivity index (χ0) is 20.7. The number of thioether (sulfide) groups is 1. The van der Waals surface area contributed by atoms with Gasteiger partial charge in [0, 0.05) is 9.90 Å². The van der Waals surface area contributed by atoms with E-state index in [1.54, 1.807) is 11.3 Å². The van der Waals surface area contributed by atoms with Crippen LogP contribution in [-0.2, 0) is 4.79 Å². The predicted octanol–water partition coefficient (Wildman–Crippen LogP) is 6.88. The third kappa shape index (κ3) is 4.06. The first kappa shape index (κ1) is 19.5. The molecule has 0 bridgehead atoms. The molecule has 2 aromatic heterocycles. The summed E-state index contributed by atoms with van der Waals surface area (Å²) in [5.74, 6) is -0.136. The number of carbonyl (C=O) groups is 1. The fraction of sp³-hybridized carbons (Fsp3) is 0.0455. The fourth-order valence-electron chi connectivity index (χ4n) is 2.91. The number of benzene rings is 2. The maximum Gasteiger partial charge on any atom is 0.264 e. The van der Waals surface area contributed by atoms with Crippen molar-refractivity contribution in [2.45, 2.75) is 6.92 Å². The molecule has 5 rings (SSSR count). The second-order valence-electron chi connectivity index (χ2n) is 6.68. The van der Waals surface area contributed by atoms with Crippen molar-refractivity contribution in [3.8, 4) is 10.4 Å². The maximum absolute atomic E-state index is 12.3. The summed E-state index contributed by atoms with van der Waals surface area (Å²) in [6, 6.07) is 17.9. The highest BCUT2D eigenvalue weighted by atomic mass is 35.5. The lowest BCUT2D eigenvalue weighted by molar-refractivity contribution is -0.115. The highest BCUT2D eigenvalue weighted by Crippen LogP contribution is 2.40. The van der Waals surface area contributed by atoms with Crippen molar-refractivity contribution >= 4 is 77.8 Å². The average Bonchev–Trinajstić information content (AvgIpc) is 3.38. The van der Waals surface area contributed by atoms with Crippen LogP contribution in [0.4, 0.5) is 5.13 Å². The van der Waals surface area contributed by atoms with E-state index < -0.39 is 0 Å². The van der Waals surface area contributed by atoms with Gasteiger partial charge in [0.2, 0.25) is 5.13 Å². The summed E-state index contributed by atoms with van der Waals surface area (Å²) in [5.41, 5.74) is 4.21. The monoisotopic (exact) mass is 467 g/mol. The fourth-order valence-corrected chi connectivity index (χ4v) is 6.07. The van der Waals surface area contributed by atoms with Crippen LogP contribution in [0.3, 0.4) is 0 Å². The molecule has 148 valence electrons. The minimum atomic E-state index is -0.136. The molecule has 0 radical (unpaired) electrons. The molecule has 3 heterocycles. The molecule has 1 aliphatic heterocycles. The topological polar surface area (TPSA) is 54.4 Å². The number of fused-ring (bicyclic) bond motifs is 1. The number of amides is 1. The summed E-state index contributed by atoms with van der Waals surface area (Å²) in [4.78, 5) is 23.2. The molecule has 4 nitrogen and oxygen atoms in total. The summed E-state index contributed by atoms with van der Waals surface area (Å²) in [5, 5.41) is 4.74. The SMILES string of the molecule is Cc1ccc(/C=C2/SC(=Nc3nc4cc(-c5ccc(Cl)cc5)sc4s3)NC2=O)cc1. The van der Waals surface area contributed by atoms with E-state index >= 15 is 0 Å². The van der Waals surface area contributed by atoms with Crippen LogP contribution in [0, 0.1) is 6.92 Å². The van der Waals surface area contributed by atoms with E-state index in [9.17, 15) is 4.79 Å². The molecule has 1 amide bonds. The zero-order valence-corrected chi connectivity index (χ0v) is 18.9. The van der Waals surface area contributed by atoms with Crippen molar-refractivity contribution in [2.75, 3.05) is 0 Å². The zero-order valence-electron chi connectivity index (χ0n) is 15.7. The highest BCUT2D eigenvalue weighted by Gasteiger charge is 2.24. The van der Waals surface area contributed by atoms with Crippen molar-refractivity contribution in [3.63, 3.8) is 0 Å². The van der Waals surface area contributed by atoms with Gasteiger partial charge in [0.1, 0.15) is 4.01 Å². The summed E-state index contributed by atoms with van der Waals surface area (Å²) in [6.45, 7) is 2.04. The van der Waals surface area contributed by atoms with Gasteiger partial charge in [-0.05, 0) is 54.1 Å². The number of amidine groups is 1. The Morgan fingerprint density at radius 1 is 1.07 bits per heavy atom. The number of nitrogens with one attached hydrogen (secondary N) is 1. The summed E-state index contributed by atoms with van der Waals surface area (Å²) < 4.78 is 1.10. The van der Waals surface area contributed by atoms with Gasteiger partial charge in [-0.25, -0.2) is 4.98 Å². The Morgan fingerprint density at radius 3 is 2.57 bits per heavy atom. The Balaban J connectivity index is 1.37. The number of aryl methyl sites for hydroxylation is 1. The van der Waals surface area contributed by atoms with E-state index in [1.807, 2.05) is 61.5 Å². The molecule has 1 N–H and O–H groups in total. The van der Waals surface area contributed by atoms with Gasteiger partial charge in [-0.1, -0.05) is 64.9 Å². The lowest BCUT2D eigenvalue weighted by atomic mass is 10.1. The molecule has 1 fully saturated rings. The number of halogens is 1. The average molecular weight is 468 g/mol. The van der Waals surface area contributed by atoms with Crippen LogP contribution in [0.15, 0.2) is 64.5 Å². The van der Waals surface area contributed by atoms with Crippen LogP contribution in [0.2, 0.25) is 5.02 Å². The van der Waals surface area contributed by atoms with E-state index in [-0.39, 0.29) is 5.91 Å². The Kier molecular flexibility index (Phi) is 5.20. The van der Waals surface area contributed by atoms with Crippen molar-refractivity contribution < 1.29 is 4.79 Å². The molecular formula is C22H14ClN3OS3. The first-order chi connectivity index (χ1) is 14.5. The summed E-state index contributed by atoms with van der Waals surface area (Å²) in [7, 11) is 0. The van der Waals surface area contributed by atoms with Gasteiger partial charge in [-0.3, -0.25) is 4.79 Å². The third-order valence-electron chi connectivity index (χ3n) is 4.43. The van der Waals surface area contributed by atoms with Crippen molar-refractivity contribution in [1.82, 2.24) is 10.3 Å². The molecule has 0 saturated carbocycles. The van der Waals surface area contributed by atoms with Crippen LogP contribution in [0.1, 0.15) is 11.1 Å². The van der Waals surface area contributed by atoms with Crippen molar-refractivity contribution in [3.05, 3.63) is 75.7 Å². The standard InChI is InChI=1S/C22H14ClN3OS3/c1-12-2-4-13(5-3-12)10-18-19(27)25-22(29-18)26-21-24-16-11-17(28-20(16)30-21)14-6-8-15(23)9-7-14/h2-11H,1H3,(H,24,25,26,27)/b18-10+. The lowest BCUT2D eigenvalue weighted by Crippen LogP contribution is -2.19. The molecule has 0 atom stereocenters. The smallest absolute Gasteiger partial charge is 0.264 e. The molecule has 1 saturated heterocycles. The third-order valence-corrected chi connectivity index (χ3v) is 7.82. The summed E-state index contributed by atoms with van der Waals surface area (Å²) >= 11 is 10.5. The molecule has 2 aromatic carbocycles. The number of carbonyl (C=O) groups excluding carboxylic acids is 1. The van der Waals surface area contributed by atoms with Crippen LogP contribution >= 0.6 is 46.0 Å². The first-order valence-electron chi connectivity index (χ1n) is 9.06. The molecule has 4 aromatic rings. The Labute approximate surface area is 190 Å². The molecule has 1 aliphatic rings. The second kappa shape index (κ2) is 8.00. The molecular weight excluding hydrogens is 454 g/mol. The quantitative estimate of drug-likeness (QED) is 0.334. The minimum Gasteiger partial charge on any atom is -0.300 e. The highest BCUT2D eigenvalue weighted by molar-refractivity contribution is 8.18. The number of aliphatic imine (C=N–C) groups is 1. The van der Waals surface area contributed by atoms with Crippen molar-refractivity contribution in [1.29, 1.82) is 0 Å². The molecule has 0 spiro atoms. The number of nitrogens with zero attached hydrogens (tertiary/aromatic N) is 2. The lowest BCUT2D eigenvalue weighted by Gasteiger charge is -1.96. The number of hydrogen-bond donors (Lipinski definition) is 1. The van der Waals surface area contributed by atoms with Crippen LogP contribution in [0.5, 0.6) is 0 Å². The Bertz CT molecular complexity index is 1290. The second-order valence-corrected chi connectivity index (χ2v) is 10.4. The molecule has 30 heavy (non-hydrogen) atoms. The molecule has 8 heteroatoms. The normalized spacial score (nSPS) is 16.7. The number of hydrogen-bond acceptors (Lipinski definition) is 6. The van der Waals surface area contributed by atoms with E-state index in [1.165, 1.54) is 28.7 Å². The van der Waals surface area contributed by atoms with Crippen LogP contribution in [-0.4, -0.2) is 16.1 Å². The van der Waals surface area contributed by atoms with Gasteiger partial charge in [-0.15, -0.1) is 11.3 Å². The van der Waals surface area contributed by atoms with Crippen LogP contribution < -0.4 is 5.32 Å². The van der Waals surface area contributed by atoms with Gasteiger partial charge in [0.25, 0.3) is 5.91 Å². The minimum absolute atomic E-state index is 0.136. The number of thiazole rings is 1. The molecule has 0 unspecified atom stereocenters. The number of thiophene rings is 1. The first-order valence-corrected chi connectivity index (χ1v) is 11.9. The number of rotatable bonds is 3. The van der Waals surface area contributed by atoms with Gasteiger partial charge < -0.3 is 5.32 Å². The summed E-state index contributed by atoms with van der Waals surface area (Å²) in [6.07, 6.45) is 1.88. The Hall–Kier alpha value is -2.45. The van der Waals surface area contributed by atoms with Gasteiger partial charge in [0.15, 0.2) is 5.17 Å². The van der Waals surface area contributed by atoms with Gasteiger partial charge in [0.05, 0.1) is 10.4 Å². The van der Waals surface area contributed by atoms with Crippen LogP contribution in [0.25, 0.3) is 26.0 Å². The number of aromatic nitrogens is 1. The largest absolute Gasteiger partial charge is 0.300 e. The van der Waals surface area contributed by atoms with Gasteiger partial charge in [-0.2, -0.15) is 4.99 Å².